The van der Waals surface area contributed by atoms with Gasteiger partial charge in [0.05, 0.1) is 7.11 Å². The molecule has 2 atom stereocenters. The van der Waals surface area contributed by atoms with Crippen molar-refractivity contribution in [2.45, 2.75) is 64.1 Å². The maximum absolute atomic E-state index is 12.1. The van der Waals surface area contributed by atoms with E-state index < -0.39 is 5.54 Å². The molecule has 4 heteroatoms. The Morgan fingerprint density at radius 2 is 2.22 bits per heavy atom. The average molecular weight is 256 g/mol. The lowest BCUT2D eigenvalue weighted by atomic mass is 9.96. The molecule has 0 aliphatic heterocycles. The maximum atomic E-state index is 12.1. The zero-order valence-electron chi connectivity index (χ0n) is 12.5. The number of rotatable bonds is 6. The molecular formula is C14H28N2O2. The number of carbonyl (C=O) groups excluding carboxylic acids is 1. The minimum Gasteiger partial charge on any atom is -0.468 e. The fraction of sp³-hybridized carbons (Fsp3) is 0.929. The van der Waals surface area contributed by atoms with Gasteiger partial charge >= 0.3 is 5.97 Å². The van der Waals surface area contributed by atoms with Gasteiger partial charge in [-0.2, -0.15) is 0 Å². The lowest BCUT2D eigenvalue weighted by molar-refractivity contribution is -0.148. The Hall–Kier alpha value is -0.610. The van der Waals surface area contributed by atoms with Gasteiger partial charge in [0.2, 0.25) is 0 Å². The molecule has 18 heavy (non-hydrogen) atoms. The minimum absolute atomic E-state index is 0.101. The Bertz CT molecular complexity index is 281. The van der Waals surface area contributed by atoms with E-state index >= 15 is 0 Å². The zero-order valence-corrected chi connectivity index (χ0v) is 12.5. The molecule has 1 fully saturated rings. The van der Waals surface area contributed by atoms with E-state index in [9.17, 15) is 4.79 Å². The maximum Gasteiger partial charge on any atom is 0.326 e. The number of ether oxygens (including phenoxy) is 1. The third kappa shape index (κ3) is 3.23. The third-order valence-electron chi connectivity index (χ3n) is 4.17. The van der Waals surface area contributed by atoms with E-state index in [-0.39, 0.29) is 5.97 Å². The lowest BCUT2D eigenvalue weighted by Gasteiger charge is -2.31. The third-order valence-corrected chi connectivity index (χ3v) is 4.17. The Labute approximate surface area is 111 Å². The molecule has 0 saturated heterocycles. The van der Waals surface area contributed by atoms with E-state index in [1.54, 1.807) is 0 Å². The van der Waals surface area contributed by atoms with Crippen LogP contribution in [-0.4, -0.2) is 49.2 Å². The fourth-order valence-electron chi connectivity index (χ4n) is 2.77. The van der Waals surface area contributed by atoms with Gasteiger partial charge in [0.25, 0.3) is 0 Å². The number of nitrogens with zero attached hydrogens (tertiary/aromatic N) is 1. The van der Waals surface area contributed by atoms with Crippen LogP contribution in [0.4, 0.5) is 0 Å². The van der Waals surface area contributed by atoms with Crippen LogP contribution in [-0.2, 0) is 9.53 Å². The van der Waals surface area contributed by atoms with Crippen molar-refractivity contribution in [2.75, 3.05) is 20.7 Å². The number of hydrogen-bond acceptors (Lipinski definition) is 4. The van der Waals surface area contributed by atoms with Crippen molar-refractivity contribution in [3.8, 4) is 0 Å². The molecular weight excluding hydrogens is 228 g/mol. The first-order valence-electron chi connectivity index (χ1n) is 7.02. The molecule has 2 unspecified atom stereocenters. The number of nitrogens with one attached hydrogen (secondary N) is 1. The molecule has 1 aliphatic rings. The normalized spacial score (nSPS) is 28.1. The van der Waals surface area contributed by atoms with E-state index in [1.807, 2.05) is 0 Å². The van der Waals surface area contributed by atoms with E-state index in [1.165, 1.54) is 7.11 Å². The number of esters is 1. The first-order chi connectivity index (χ1) is 8.46. The van der Waals surface area contributed by atoms with E-state index in [0.717, 1.165) is 32.2 Å². The molecule has 0 heterocycles. The van der Waals surface area contributed by atoms with Gasteiger partial charge in [-0.3, -0.25) is 4.79 Å². The van der Waals surface area contributed by atoms with Gasteiger partial charge in [0, 0.05) is 12.1 Å². The quantitative estimate of drug-likeness (QED) is 0.736. The molecule has 0 radical (unpaired) electrons. The van der Waals surface area contributed by atoms with Crippen LogP contribution in [0, 0.1) is 0 Å². The zero-order chi connectivity index (χ0) is 13.8. The summed E-state index contributed by atoms with van der Waals surface area (Å²) in [7, 11) is 3.62. The van der Waals surface area contributed by atoms with Gasteiger partial charge < -0.3 is 15.0 Å². The monoisotopic (exact) mass is 256 g/mol. The van der Waals surface area contributed by atoms with Crippen molar-refractivity contribution >= 4 is 5.97 Å². The number of carbonyl (C=O) groups is 1. The van der Waals surface area contributed by atoms with Crippen molar-refractivity contribution in [1.82, 2.24) is 10.2 Å². The highest BCUT2D eigenvalue weighted by molar-refractivity contribution is 5.81. The van der Waals surface area contributed by atoms with Crippen molar-refractivity contribution in [3.05, 3.63) is 0 Å². The molecule has 4 nitrogen and oxygen atoms in total. The van der Waals surface area contributed by atoms with Crippen molar-refractivity contribution < 1.29 is 9.53 Å². The topological polar surface area (TPSA) is 41.6 Å². The molecule has 106 valence electrons. The smallest absolute Gasteiger partial charge is 0.326 e. The SMILES string of the molecule is CCCNC1(C(=O)OC)CCC(N(C)C(C)C)C1. The van der Waals surface area contributed by atoms with E-state index in [4.69, 9.17) is 4.74 Å². The highest BCUT2D eigenvalue weighted by Crippen LogP contribution is 2.34. The van der Waals surface area contributed by atoms with Gasteiger partial charge in [0.15, 0.2) is 0 Å². The minimum atomic E-state index is -0.460. The fourth-order valence-corrected chi connectivity index (χ4v) is 2.77. The highest BCUT2D eigenvalue weighted by Gasteiger charge is 2.47. The van der Waals surface area contributed by atoms with Gasteiger partial charge in [-0.15, -0.1) is 0 Å². The first kappa shape index (κ1) is 15.4. The second-order valence-corrected chi connectivity index (χ2v) is 5.66. The predicted molar refractivity (Wildman–Crippen MR) is 73.6 cm³/mol. The molecule has 0 aromatic rings. The van der Waals surface area contributed by atoms with Gasteiger partial charge in [-0.25, -0.2) is 0 Å². The van der Waals surface area contributed by atoms with Crippen LogP contribution in [0.5, 0.6) is 0 Å². The second kappa shape index (κ2) is 6.53. The molecule has 0 aromatic carbocycles. The molecule has 0 aromatic heterocycles. The van der Waals surface area contributed by atoms with Gasteiger partial charge in [-0.05, 0) is 53.1 Å². The average Bonchev–Trinajstić information content (AvgIpc) is 2.79. The van der Waals surface area contributed by atoms with Crippen molar-refractivity contribution in [1.29, 1.82) is 0 Å². The Kier molecular flexibility index (Phi) is 5.60. The van der Waals surface area contributed by atoms with Crippen molar-refractivity contribution in [2.24, 2.45) is 0 Å². The van der Waals surface area contributed by atoms with Gasteiger partial charge in [-0.1, -0.05) is 6.92 Å². The summed E-state index contributed by atoms with van der Waals surface area (Å²) >= 11 is 0. The van der Waals surface area contributed by atoms with Crippen LogP contribution in [0.25, 0.3) is 0 Å². The Morgan fingerprint density at radius 1 is 1.56 bits per heavy atom. The predicted octanol–water partition coefficient (Wildman–Crippen LogP) is 1.79. The molecule has 1 N–H and O–H groups in total. The summed E-state index contributed by atoms with van der Waals surface area (Å²) in [5.41, 5.74) is -0.460. The summed E-state index contributed by atoms with van der Waals surface area (Å²) < 4.78 is 5.00. The molecule has 1 aliphatic carbocycles. The Balaban J connectivity index is 2.73. The molecule has 0 bridgehead atoms. The molecule has 1 saturated carbocycles. The summed E-state index contributed by atoms with van der Waals surface area (Å²) in [6.07, 6.45) is 3.82. The van der Waals surface area contributed by atoms with Crippen LogP contribution >= 0.6 is 0 Å². The second-order valence-electron chi connectivity index (χ2n) is 5.66. The van der Waals surface area contributed by atoms with Crippen LogP contribution < -0.4 is 5.32 Å². The summed E-state index contributed by atoms with van der Waals surface area (Å²) in [5.74, 6) is -0.101. The summed E-state index contributed by atoms with van der Waals surface area (Å²) in [6.45, 7) is 7.37. The number of methoxy groups -OCH3 is 1. The van der Waals surface area contributed by atoms with Gasteiger partial charge in [0.1, 0.15) is 5.54 Å². The lowest BCUT2D eigenvalue weighted by Crippen LogP contribution is -2.52. The van der Waals surface area contributed by atoms with E-state index in [0.29, 0.717) is 12.1 Å². The molecule has 1 rings (SSSR count). The largest absolute Gasteiger partial charge is 0.468 e. The first-order valence-corrected chi connectivity index (χ1v) is 7.02. The Morgan fingerprint density at radius 3 is 2.72 bits per heavy atom. The molecule has 0 spiro atoms. The van der Waals surface area contributed by atoms with Crippen LogP contribution in [0.3, 0.4) is 0 Å². The summed E-state index contributed by atoms with van der Waals surface area (Å²) in [6, 6.07) is 0.975. The molecule has 0 amide bonds. The van der Waals surface area contributed by atoms with Crippen molar-refractivity contribution in [3.63, 3.8) is 0 Å². The summed E-state index contributed by atoms with van der Waals surface area (Å²) in [4.78, 5) is 14.4. The highest BCUT2D eigenvalue weighted by atomic mass is 16.5. The van der Waals surface area contributed by atoms with E-state index in [2.05, 4.69) is 38.0 Å². The number of hydrogen-bond donors (Lipinski definition) is 1. The summed E-state index contributed by atoms with van der Waals surface area (Å²) in [5, 5.41) is 3.42. The van der Waals surface area contributed by atoms with Crippen LogP contribution in [0.15, 0.2) is 0 Å². The van der Waals surface area contributed by atoms with Crippen LogP contribution in [0.2, 0.25) is 0 Å². The standard InChI is InChI=1S/C14H28N2O2/c1-6-9-15-14(13(17)18-5)8-7-12(10-14)16(4)11(2)3/h11-12,15H,6-10H2,1-5H3. The van der Waals surface area contributed by atoms with Crippen LogP contribution in [0.1, 0.15) is 46.5 Å².